The molecule has 13 heteroatoms. The van der Waals surface area contributed by atoms with Gasteiger partial charge in [-0.25, -0.2) is 15.0 Å². The number of fused-ring (bicyclic) bond motifs is 1. The zero-order chi connectivity index (χ0) is 17.2. The molecular formula is C11H14N8O4P+. The molecule has 2 aromatic rings. The van der Waals surface area contributed by atoms with Gasteiger partial charge >= 0.3 is 8.46 Å². The lowest BCUT2D eigenvalue weighted by molar-refractivity contribution is -0.112. The Morgan fingerprint density at radius 3 is 3.21 bits per heavy atom. The van der Waals surface area contributed by atoms with E-state index < -0.39 is 26.5 Å². The molecule has 4 atom stereocenters. The molecule has 1 aliphatic rings. The van der Waals surface area contributed by atoms with E-state index >= 15 is 0 Å². The fourth-order valence-electron chi connectivity index (χ4n) is 2.60. The number of anilines is 1. The Morgan fingerprint density at radius 2 is 2.46 bits per heavy atom. The molecule has 3 rings (SSSR count). The lowest BCUT2D eigenvalue weighted by atomic mass is 10.1. The monoisotopic (exact) mass is 353 g/mol. The number of hydrogen-bond acceptors (Lipinski definition) is 9. The van der Waals surface area contributed by atoms with E-state index in [1.807, 2.05) is 0 Å². The predicted octanol–water partition coefficient (Wildman–Crippen LogP) is 0.693. The normalized spacial score (nSPS) is 26.7. The summed E-state index contributed by atoms with van der Waals surface area (Å²) in [4.78, 5) is 14.8. The Hall–Kier alpha value is -2.36. The zero-order valence-corrected chi connectivity index (χ0v) is 13.3. The first-order chi connectivity index (χ1) is 11.6. The van der Waals surface area contributed by atoms with Gasteiger partial charge in [-0.1, -0.05) is 9.68 Å². The van der Waals surface area contributed by atoms with Crippen molar-refractivity contribution in [3.8, 4) is 0 Å². The summed E-state index contributed by atoms with van der Waals surface area (Å²) in [5.41, 5.74) is 13.9. The number of nitrogen functional groups attached to an aromatic ring is 1. The van der Waals surface area contributed by atoms with E-state index in [-0.39, 0.29) is 25.2 Å². The lowest BCUT2D eigenvalue weighted by Crippen LogP contribution is -2.31. The first-order valence-corrected chi connectivity index (χ1v) is 7.99. The van der Waals surface area contributed by atoms with Gasteiger partial charge < -0.3 is 20.3 Å². The summed E-state index contributed by atoms with van der Waals surface area (Å²) in [6.45, 7) is -0.135. The summed E-state index contributed by atoms with van der Waals surface area (Å²) in [6, 6.07) is 0. The van der Waals surface area contributed by atoms with E-state index in [9.17, 15) is 9.67 Å². The highest BCUT2D eigenvalue weighted by atomic mass is 31.1. The fourth-order valence-corrected chi connectivity index (χ4v) is 2.78. The third kappa shape index (κ3) is 2.88. The maximum atomic E-state index is 10.5. The minimum Gasteiger partial charge on any atom is -0.388 e. The van der Waals surface area contributed by atoms with Gasteiger partial charge in [0, 0.05) is 11.3 Å². The van der Waals surface area contributed by atoms with Crippen LogP contribution >= 0.6 is 8.46 Å². The van der Waals surface area contributed by atoms with Crippen LogP contribution in [0.4, 0.5) is 5.82 Å². The highest BCUT2D eigenvalue weighted by molar-refractivity contribution is 7.23. The first kappa shape index (κ1) is 16.5. The lowest BCUT2D eigenvalue weighted by Gasteiger charge is -2.22. The standard InChI is InChI=1S/C11H13N8O4P/c12-8-7-9(15-3-14-8)19(4-16-7)10-6(20)1-11(23-10,17-18-13)2-22-5-24-21/h3-4,6,10,20H,1-2,5H2,(H2,12,14,15)/p+1. The Morgan fingerprint density at radius 1 is 1.62 bits per heavy atom. The number of aliphatic hydroxyl groups excluding tert-OH is 1. The molecule has 1 aliphatic heterocycles. The van der Waals surface area contributed by atoms with Gasteiger partial charge in [0.15, 0.2) is 23.4 Å². The Balaban J connectivity index is 1.92. The second-order valence-corrected chi connectivity index (χ2v) is 5.71. The van der Waals surface area contributed by atoms with Crippen molar-refractivity contribution in [2.24, 2.45) is 5.11 Å². The molecule has 24 heavy (non-hydrogen) atoms. The second-order valence-electron chi connectivity index (χ2n) is 5.14. The number of ether oxygens (including phenoxy) is 2. The van der Waals surface area contributed by atoms with Crippen LogP contribution in [0.1, 0.15) is 12.6 Å². The smallest absolute Gasteiger partial charge is 0.353 e. The summed E-state index contributed by atoms with van der Waals surface area (Å²) in [5, 5.41) is 14.0. The number of rotatable bonds is 6. The molecule has 2 aromatic heterocycles. The van der Waals surface area contributed by atoms with E-state index in [2.05, 4.69) is 25.0 Å². The van der Waals surface area contributed by atoms with Crippen LogP contribution in [-0.2, 0) is 14.0 Å². The summed E-state index contributed by atoms with van der Waals surface area (Å²) in [7, 11) is -0.651. The van der Waals surface area contributed by atoms with Gasteiger partial charge in [-0.05, 0) is 5.53 Å². The van der Waals surface area contributed by atoms with Crippen LogP contribution in [-0.4, -0.2) is 49.4 Å². The molecule has 1 fully saturated rings. The number of hydrogen-bond donors (Lipinski definition) is 2. The van der Waals surface area contributed by atoms with Gasteiger partial charge in [0.25, 0.3) is 0 Å². The highest BCUT2D eigenvalue weighted by Gasteiger charge is 2.47. The molecule has 0 amide bonds. The molecule has 3 N–H and O–H groups in total. The van der Waals surface area contributed by atoms with Gasteiger partial charge in [-0.3, -0.25) is 4.57 Å². The molecule has 0 saturated carbocycles. The highest BCUT2D eigenvalue weighted by Crippen LogP contribution is 2.39. The molecule has 0 bridgehead atoms. The molecule has 1 saturated heterocycles. The van der Waals surface area contributed by atoms with Crippen LogP contribution in [0, 0.1) is 0 Å². The first-order valence-electron chi connectivity index (χ1n) is 6.88. The molecule has 4 unspecified atom stereocenters. The van der Waals surface area contributed by atoms with Gasteiger partial charge in [0.05, 0.1) is 12.9 Å². The number of aliphatic hydroxyl groups is 1. The molecule has 12 nitrogen and oxygen atoms in total. The van der Waals surface area contributed by atoms with Gasteiger partial charge in [0.1, 0.15) is 17.9 Å². The second kappa shape index (κ2) is 6.63. The van der Waals surface area contributed by atoms with Crippen molar-refractivity contribution in [1.29, 1.82) is 0 Å². The van der Waals surface area contributed by atoms with Crippen LogP contribution in [0.2, 0.25) is 0 Å². The van der Waals surface area contributed by atoms with E-state index in [0.29, 0.717) is 11.2 Å². The summed E-state index contributed by atoms with van der Waals surface area (Å²) < 4.78 is 23.0. The number of nitrogens with two attached hydrogens (primary N) is 1. The molecule has 0 spiro atoms. The predicted molar refractivity (Wildman–Crippen MR) is 82.2 cm³/mol. The minimum absolute atomic E-state index is 0.00390. The summed E-state index contributed by atoms with van der Waals surface area (Å²) in [6.07, 6.45) is 0.774. The fraction of sp³-hybridized carbons (Fsp3) is 0.545. The zero-order valence-electron chi connectivity index (χ0n) is 12.3. The minimum atomic E-state index is -1.41. The van der Waals surface area contributed by atoms with Crippen molar-refractivity contribution in [1.82, 2.24) is 19.5 Å². The Labute approximate surface area is 136 Å². The molecular weight excluding hydrogens is 339 g/mol. The summed E-state index contributed by atoms with van der Waals surface area (Å²) >= 11 is 0. The molecule has 126 valence electrons. The van der Waals surface area contributed by atoms with Crippen molar-refractivity contribution in [3.63, 3.8) is 0 Å². The van der Waals surface area contributed by atoms with Crippen LogP contribution in [0.25, 0.3) is 21.6 Å². The number of nitrogens with zero attached hydrogens (tertiary/aromatic N) is 7. The largest absolute Gasteiger partial charge is 0.388 e. The number of aromatic nitrogens is 4. The van der Waals surface area contributed by atoms with Crippen LogP contribution in [0.3, 0.4) is 0 Å². The van der Waals surface area contributed by atoms with E-state index in [1.165, 1.54) is 17.2 Å². The SMILES string of the molecule is [N-]=[N+]=NC1(COC[PH+]=O)CC(O)C(n2cnc3c(N)ncnc32)O1. The number of azide groups is 1. The van der Waals surface area contributed by atoms with Crippen LogP contribution in [0.5, 0.6) is 0 Å². The van der Waals surface area contributed by atoms with Gasteiger partial charge in [0.2, 0.25) is 6.35 Å². The third-order valence-electron chi connectivity index (χ3n) is 3.57. The van der Waals surface area contributed by atoms with Crippen molar-refractivity contribution in [2.45, 2.75) is 24.5 Å². The summed E-state index contributed by atoms with van der Waals surface area (Å²) in [5.74, 6) is 0.201. The van der Waals surface area contributed by atoms with Crippen molar-refractivity contribution >= 4 is 25.4 Å². The molecule has 3 heterocycles. The van der Waals surface area contributed by atoms with Crippen molar-refractivity contribution in [3.05, 3.63) is 23.1 Å². The molecule has 0 radical (unpaired) electrons. The average molecular weight is 353 g/mol. The topological polar surface area (TPSA) is 174 Å². The molecule has 0 aliphatic carbocycles. The van der Waals surface area contributed by atoms with E-state index in [4.69, 9.17) is 20.7 Å². The van der Waals surface area contributed by atoms with Crippen LogP contribution in [0.15, 0.2) is 17.8 Å². The number of imidazole rings is 1. The Bertz CT molecular complexity index is 808. The van der Waals surface area contributed by atoms with Crippen molar-refractivity contribution in [2.75, 3.05) is 18.7 Å². The Kier molecular flexibility index (Phi) is 4.56. The van der Waals surface area contributed by atoms with E-state index in [1.54, 1.807) is 0 Å². The average Bonchev–Trinajstić information content (AvgIpc) is 3.11. The van der Waals surface area contributed by atoms with Crippen molar-refractivity contribution < 1.29 is 19.1 Å². The van der Waals surface area contributed by atoms with E-state index in [0.717, 1.165) is 0 Å². The maximum Gasteiger partial charge on any atom is 0.353 e. The third-order valence-corrected chi connectivity index (χ3v) is 3.90. The van der Waals surface area contributed by atoms with Gasteiger partial charge in [-0.15, -0.1) is 0 Å². The van der Waals surface area contributed by atoms with Gasteiger partial charge in [-0.2, -0.15) is 0 Å². The maximum absolute atomic E-state index is 10.5. The van der Waals surface area contributed by atoms with Crippen LogP contribution < -0.4 is 5.73 Å². The molecule has 0 aromatic carbocycles. The quantitative estimate of drug-likeness (QED) is 0.251.